The van der Waals surface area contributed by atoms with Crippen molar-refractivity contribution in [2.45, 2.75) is 32.7 Å². The Morgan fingerprint density at radius 1 is 1.24 bits per heavy atom. The molecule has 1 aromatic heterocycles. The third kappa shape index (κ3) is 4.26. The van der Waals surface area contributed by atoms with Crippen LogP contribution in [0.4, 0.5) is 0 Å². The van der Waals surface area contributed by atoms with E-state index in [0.29, 0.717) is 0 Å². The van der Waals surface area contributed by atoms with Crippen molar-refractivity contribution in [2.24, 2.45) is 0 Å². The lowest BCUT2D eigenvalue weighted by molar-refractivity contribution is 0.405. The molecule has 0 saturated carbocycles. The predicted molar refractivity (Wildman–Crippen MR) is 84.5 cm³/mol. The molecule has 0 aliphatic rings. The lowest BCUT2D eigenvalue weighted by Gasteiger charge is -2.20. The zero-order chi connectivity index (χ0) is 15.1. The van der Waals surface area contributed by atoms with Crippen LogP contribution in [0.5, 0.6) is 5.75 Å². The van der Waals surface area contributed by atoms with Gasteiger partial charge in [0.2, 0.25) is 0 Å². The Labute approximate surface area is 126 Å². The Morgan fingerprint density at radius 2 is 2.10 bits per heavy atom. The number of nitrogens with zero attached hydrogens (tertiary/aromatic N) is 2. The molecule has 0 aliphatic carbocycles. The molecule has 0 aliphatic heterocycles. The second kappa shape index (κ2) is 7.74. The highest BCUT2D eigenvalue weighted by Gasteiger charge is 2.14. The zero-order valence-electron chi connectivity index (χ0n) is 13.0. The molecule has 2 aromatic rings. The molecular formula is C17H23N3O. The maximum atomic E-state index is 5.49. The maximum Gasteiger partial charge on any atom is 0.122 e. The third-order valence-corrected chi connectivity index (χ3v) is 3.51. The van der Waals surface area contributed by atoms with E-state index in [-0.39, 0.29) is 6.04 Å². The van der Waals surface area contributed by atoms with Crippen LogP contribution in [-0.2, 0) is 6.42 Å². The summed E-state index contributed by atoms with van der Waals surface area (Å²) in [5.41, 5.74) is 3.61. The molecule has 4 heteroatoms. The largest absolute Gasteiger partial charge is 0.496 e. The van der Waals surface area contributed by atoms with Gasteiger partial charge in [-0.05, 0) is 49.6 Å². The number of nitrogens with one attached hydrogen (secondary N) is 1. The van der Waals surface area contributed by atoms with Crippen molar-refractivity contribution in [3.8, 4) is 5.75 Å². The van der Waals surface area contributed by atoms with Crippen molar-refractivity contribution in [1.29, 1.82) is 0 Å². The maximum absolute atomic E-state index is 5.49. The van der Waals surface area contributed by atoms with E-state index in [0.717, 1.165) is 30.7 Å². The van der Waals surface area contributed by atoms with Gasteiger partial charge in [-0.25, -0.2) is 0 Å². The minimum Gasteiger partial charge on any atom is -0.496 e. The molecule has 0 saturated heterocycles. The molecule has 0 fully saturated rings. The van der Waals surface area contributed by atoms with E-state index in [1.165, 1.54) is 11.1 Å². The molecule has 1 aromatic carbocycles. The number of benzene rings is 1. The van der Waals surface area contributed by atoms with Gasteiger partial charge in [0.25, 0.3) is 0 Å². The highest BCUT2D eigenvalue weighted by Crippen LogP contribution is 2.25. The summed E-state index contributed by atoms with van der Waals surface area (Å²) in [5.74, 6) is 0.936. The third-order valence-electron chi connectivity index (χ3n) is 3.51. The van der Waals surface area contributed by atoms with Crippen LogP contribution in [-0.4, -0.2) is 23.9 Å². The van der Waals surface area contributed by atoms with Crippen LogP contribution in [0.1, 0.15) is 36.1 Å². The summed E-state index contributed by atoms with van der Waals surface area (Å²) in [5, 5.41) is 11.4. The molecule has 0 bridgehead atoms. The van der Waals surface area contributed by atoms with E-state index < -0.39 is 0 Å². The standard InChI is InChI=1S/C17H23N3O/c1-4-8-18-16(14-7-9-19-20-12-14)11-15-10-13(2)5-6-17(15)21-3/h5-7,9-10,12,16,18H,4,8,11H2,1-3H3. The highest BCUT2D eigenvalue weighted by atomic mass is 16.5. The Kier molecular flexibility index (Phi) is 5.69. The minimum absolute atomic E-state index is 0.219. The van der Waals surface area contributed by atoms with Gasteiger partial charge in [-0.2, -0.15) is 10.2 Å². The number of hydrogen-bond acceptors (Lipinski definition) is 4. The van der Waals surface area contributed by atoms with Gasteiger partial charge in [0, 0.05) is 12.2 Å². The monoisotopic (exact) mass is 285 g/mol. The molecule has 1 heterocycles. The SMILES string of the molecule is CCCNC(Cc1cc(C)ccc1OC)c1ccnnc1. The number of aryl methyl sites for hydroxylation is 1. The van der Waals surface area contributed by atoms with Crippen molar-refractivity contribution in [1.82, 2.24) is 15.5 Å². The number of aromatic nitrogens is 2. The average Bonchev–Trinajstić information content (AvgIpc) is 2.52. The summed E-state index contributed by atoms with van der Waals surface area (Å²) in [6.45, 7) is 5.24. The number of hydrogen-bond donors (Lipinski definition) is 1. The molecule has 1 unspecified atom stereocenters. The van der Waals surface area contributed by atoms with Crippen LogP contribution in [0.15, 0.2) is 36.7 Å². The lowest BCUT2D eigenvalue weighted by atomic mass is 9.98. The van der Waals surface area contributed by atoms with Gasteiger partial charge in [-0.1, -0.05) is 24.6 Å². The van der Waals surface area contributed by atoms with Crippen LogP contribution in [0.25, 0.3) is 0 Å². The Hall–Kier alpha value is -1.94. The first-order valence-corrected chi connectivity index (χ1v) is 7.38. The van der Waals surface area contributed by atoms with Crippen molar-refractivity contribution >= 4 is 0 Å². The molecule has 4 nitrogen and oxygen atoms in total. The Morgan fingerprint density at radius 3 is 2.76 bits per heavy atom. The van der Waals surface area contributed by atoms with E-state index in [4.69, 9.17) is 4.74 Å². The van der Waals surface area contributed by atoms with Crippen molar-refractivity contribution in [3.63, 3.8) is 0 Å². The fourth-order valence-electron chi connectivity index (χ4n) is 2.42. The minimum atomic E-state index is 0.219. The first-order valence-electron chi connectivity index (χ1n) is 7.38. The summed E-state index contributed by atoms with van der Waals surface area (Å²) < 4.78 is 5.49. The molecular weight excluding hydrogens is 262 g/mol. The van der Waals surface area contributed by atoms with E-state index >= 15 is 0 Å². The summed E-state index contributed by atoms with van der Waals surface area (Å²) in [6, 6.07) is 8.53. The molecule has 1 atom stereocenters. The van der Waals surface area contributed by atoms with E-state index in [9.17, 15) is 0 Å². The first kappa shape index (κ1) is 15.4. The summed E-state index contributed by atoms with van der Waals surface area (Å²) in [6.07, 6.45) is 5.54. The molecule has 0 spiro atoms. The van der Waals surface area contributed by atoms with Crippen molar-refractivity contribution in [3.05, 3.63) is 53.3 Å². The van der Waals surface area contributed by atoms with Gasteiger partial charge in [0.1, 0.15) is 5.75 Å². The van der Waals surface area contributed by atoms with Gasteiger partial charge >= 0.3 is 0 Å². The van der Waals surface area contributed by atoms with Gasteiger partial charge in [-0.3, -0.25) is 0 Å². The topological polar surface area (TPSA) is 47.0 Å². The highest BCUT2D eigenvalue weighted by molar-refractivity contribution is 5.38. The average molecular weight is 285 g/mol. The second-order valence-corrected chi connectivity index (χ2v) is 5.20. The summed E-state index contributed by atoms with van der Waals surface area (Å²) in [7, 11) is 1.72. The Balaban J connectivity index is 2.24. The molecule has 0 radical (unpaired) electrons. The smallest absolute Gasteiger partial charge is 0.122 e. The normalized spacial score (nSPS) is 12.1. The van der Waals surface area contributed by atoms with Crippen LogP contribution in [0, 0.1) is 6.92 Å². The van der Waals surface area contributed by atoms with Crippen LogP contribution >= 0.6 is 0 Å². The predicted octanol–water partition coefficient (Wildman–Crippen LogP) is 3.08. The van der Waals surface area contributed by atoms with E-state index in [1.807, 2.05) is 18.3 Å². The van der Waals surface area contributed by atoms with Crippen molar-refractivity contribution in [2.75, 3.05) is 13.7 Å². The fourth-order valence-corrected chi connectivity index (χ4v) is 2.42. The first-order chi connectivity index (χ1) is 10.2. The second-order valence-electron chi connectivity index (χ2n) is 5.20. The molecule has 21 heavy (non-hydrogen) atoms. The zero-order valence-corrected chi connectivity index (χ0v) is 13.0. The molecule has 112 valence electrons. The van der Waals surface area contributed by atoms with Gasteiger partial charge in [-0.15, -0.1) is 0 Å². The quantitative estimate of drug-likeness (QED) is 0.849. The number of rotatable bonds is 7. The van der Waals surface area contributed by atoms with Crippen LogP contribution < -0.4 is 10.1 Å². The number of methoxy groups -OCH3 is 1. The van der Waals surface area contributed by atoms with Crippen molar-refractivity contribution < 1.29 is 4.74 Å². The molecule has 0 amide bonds. The van der Waals surface area contributed by atoms with E-state index in [2.05, 4.69) is 41.5 Å². The van der Waals surface area contributed by atoms with Gasteiger partial charge in [0.05, 0.1) is 13.3 Å². The summed E-state index contributed by atoms with van der Waals surface area (Å²) in [4.78, 5) is 0. The fraction of sp³-hybridized carbons (Fsp3) is 0.412. The number of ether oxygens (including phenoxy) is 1. The Bertz CT molecular complexity index is 557. The van der Waals surface area contributed by atoms with E-state index in [1.54, 1.807) is 13.3 Å². The van der Waals surface area contributed by atoms with Crippen LogP contribution in [0.3, 0.4) is 0 Å². The van der Waals surface area contributed by atoms with Gasteiger partial charge in [0.15, 0.2) is 0 Å². The van der Waals surface area contributed by atoms with Crippen LogP contribution in [0.2, 0.25) is 0 Å². The summed E-state index contributed by atoms with van der Waals surface area (Å²) >= 11 is 0. The van der Waals surface area contributed by atoms with Gasteiger partial charge < -0.3 is 10.1 Å². The lowest BCUT2D eigenvalue weighted by Crippen LogP contribution is -2.24. The molecule has 2 rings (SSSR count). The molecule has 1 N–H and O–H groups in total.